The molecular formula is C25H25N5O2. The van der Waals surface area contributed by atoms with Crippen molar-refractivity contribution < 1.29 is 9.32 Å². The fourth-order valence-corrected chi connectivity index (χ4v) is 4.14. The van der Waals surface area contributed by atoms with Crippen LogP contribution in [0.1, 0.15) is 42.1 Å². The highest BCUT2D eigenvalue weighted by molar-refractivity contribution is 5.91. The van der Waals surface area contributed by atoms with E-state index in [1.54, 1.807) is 11.6 Å². The minimum Gasteiger partial charge on any atom is -0.339 e. The van der Waals surface area contributed by atoms with E-state index >= 15 is 0 Å². The zero-order chi connectivity index (χ0) is 21.9. The number of aryl methyl sites for hydroxylation is 4. The Morgan fingerprint density at radius 3 is 2.66 bits per heavy atom. The van der Waals surface area contributed by atoms with Gasteiger partial charge in [0.2, 0.25) is 11.8 Å². The van der Waals surface area contributed by atoms with Crippen LogP contribution in [0.15, 0.2) is 59.1 Å². The van der Waals surface area contributed by atoms with Gasteiger partial charge in [-0.3, -0.25) is 4.79 Å². The third-order valence-corrected chi connectivity index (χ3v) is 5.76. The largest absolute Gasteiger partial charge is 0.339 e. The molecule has 2 heterocycles. The van der Waals surface area contributed by atoms with Crippen molar-refractivity contribution in [2.45, 2.75) is 45.4 Å². The summed E-state index contributed by atoms with van der Waals surface area (Å²) < 4.78 is 6.89. The molecule has 1 aliphatic rings. The molecule has 2 aromatic heterocycles. The van der Waals surface area contributed by atoms with Crippen molar-refractivity contribution >= 4 is 11.7 Å². The fraction of sp³-hybridized carbons (Fsp3) is 0.280. The lowest BCUT2D eigenvalue weighted by Gasteiger charge is -2.16. The van der Waals surface area contributed by atoms with Gasteiger partial charge in [0.15, 0.2) is 5.82 Å². The monoisotopic (exact) mass is 427 g/mol. The molecule has 162 valence electrons. The lowest BCUT2D eigenvalue weighted by atomic mass is 9.90. The lowest BCUT2D eigenvalue weighted by molar-refractivity contribution is -0.116. The average molecular weight is 428 g/mol. The number of carbonyl (C=O) groups excluding carboxylic acids is 1. The molecule has 4 aromatic rings. The molecule has 0 spiro atoms. The van der Waals surface area contributed by atoms with Gasteiger partial charge in [-0.2, -0.15) is 10.1 Å². The molecule has 0 unspecified atom stereocenters. The summed E-state index contributed by atoms with van der Waals surface area (Å²) in [5.41, 5.74) is 5.64. The maximum Gasteiger partial charge on any atom is 0.227 e. The quantitative estimate of drug-likeness (QED) is 0.483. The molecule has 1 aliphatic carbocycles. The standard InChI is InChI=1S/C25H25N5O2/c1-17-26-25(32-29-17)14-13-24(31)27-23-16-22(28-30(23)21-9-3-2-4-10-21)20-12-11-18-7-5-6-8-19(18)15-20/h2-4,9-12,15-16H,5-8,13-14H2,1H3,(H,27,31). The first-order valence-electron chi connectivity index (χ1n) is 11.0. The van der Waals surface area contributed by atoms with E-state index in [1.807, 2.05) is 36.4 Å². The molecule has 32 heavy (non-hydrogen) atoms. The zero-order valence-corrected chi connectivity index (χ0v) is 18.0. The second kappa shape index (κ2) is 8.78. The van der Waals surface area contributed by atoms with Crippen LogP contribution in [0.2, 0.25) is 0 Å². The third-order valence-electron chi connectivity index (χ3n) is 5.76. The third kappa shape index (κ3) is 4.32. The van der Waals surface area contributed by atoms with Crippen molar-refractivity contribution in [3.63, 3.8) is 0 Å². The molecule has 0 saturated heterocycles. The highest BCUT2D eigenvalue weighted by atomic mass is 16.5. The van der Waals surface area contributed by atoms with Crippen LogP contribution in [0, 0.1) is 6.92 Å². The van der Waals surface area contributed by atoms with E-state index in [0.717, 1.165) is 29.8 Å². The number of nitrogens with one attached hydrogen (secondary N) is 1. The van der Waals surface area contributed by atoms with Crippen molar-refractivity contribution in [1.29, 1.82) is 0 Å². The summed E-state index contributed by atoms with van der Waals surface area (Å²) in [6.45, 7) is 1.76. The van der Waals surface area contributed by atoms with Crippen LogP contribution in [-0.2, 0) is 24.1 Å². The first-order valence-corrected chi connectivity index (χ1v) is 11.0. The van der Waals surface area contributed by atoms with Crippen molar-refractivity contribution in [3.05, 3.63) is 77.4 Å². The van der Waals surface area contributed by atoms with Gasteiger partial charge >= 0.3 is 0 Å². The molecule has 0 atom stereocenters. The average Bonchev–Trinajstić information content (AvgIpc) is 3.44. The van der Waals surface area contributed by atoms with Crippen LogP contribution in [0.5, 0.6) is 0 Å². The van der Waals surface area contributed by atoms with Gasteiger partial charge in [0.05, 0.1) is 11.4 Å². The van der Waals surface area contributed by atoms with Gasteiger partial charge in [0.1, 0.15) is 5.82 Å². The van der Waals surface area contributed by atoms with Crippen LogP contribution < -0.4 is 5.32 Å². The highest BCUT2D eigenvalue weighted by Gasteiger charge is 2.16. The molecule has 0 fully saturated rings. The number of amides is 1. The Morgan fingerprint density at radius 1 is 1.06 bits per heavy atom. The molecule has 0 bridgehead atoms. The van der Waals surface area contributed by atoms with Gasteiger partial charge < -0.3 is 9.84 Å². The predicted octanol–water partition coefficient (Wildman–Crippen LogP) is 4.68. The number of para-hydroxylation sites is 1. The minimum atomic E-state index is -0.130. The van der Waals surface area contributed by atoms with Crippen molar-refractivity contribution in [3.8, 4) is 16.9 Å². The number of carbonyl (C=O) groups is 1. The molecule has 0 aliphatic heterocycles. The van der Waals surface area contributed by atoms with Crippen molar-refractivity contribution in [2.75, 3.05) is 5.32 Å². The van der Waals surface area contributed by atoms with Gasteiger partial charge in [-0.25, -0.2) is 4.68 Å². The Hall–Kier alpha value is -3.74. The number of aromatic nitrogens is 4. The smallest absolute Gasteiger partial charge is 0.227 e. The SMILES string of the molecule is Cc1noc(CCC(=O)Nc2cc(-c3ccc4c(c3)CCCC4)nn2-c2ccccc2)n1. The summed E-state index contributed by atoms with van der Waals surface area (Å²) in [5.74, 6) is 1.53. The van der Waals surface area contributed by atoms with E-state index in [0.29, 0.717) is 24.0 Å². The Balaban J connectivity index is 1.42. The van der Waals surface area contributed by atoms with Crippen LogP contribution in [0.3, 0.4) is 0 Å². The van der Waals surface area contributed by atoms with Crippen LogP contribution in [0.4, 0.5) is 5.82 Å². The summed E-state index contributed by atoms with van der Waals surface area (Å²) in [7, 11) is 0. The molecule has 0 radical (unpaired) electrons. The van der Waals surface area contributed by atoms with Crippen molar-refractivity contribution in [2.24, 2.45) is 0 Å². The molecule has 1 amide bonds. The van der Waals surface area contributed by atoms with Gasteiger partial charge in [0, 0.05) is 24.5 Å². The van der Waals surface area contributed by atoms with Gasteiger partial charge in [-0.05, 0) is 61.9 Å². The van der Waals surface area contributed by atoms with E-state index < -0.39 is 0 Å². The number of rotatable bonds is 6. The summed E-state index contributed by atoms with van der Waals surface area (Å²) in [6.07, 6.45) is 5.39. The maximum atomic E-state index is 12.7. The summed E-state index contributed by atoms with van der Waals surface area (Å²) >= 11 is 0. The summed E-state index contributed by atoms with van der Waals surface area (Å²) in [6, 6.07) is 18.4. The van der Waals surface area contributed by atoms with E-state index in [4.69, 9.17) is 9.62 Å². The predicted molar refractivity (Wildman–Crippen MR) is 122 cm³/mol. The number of hydrogen-bond acceptors (Lipinski definition) is 5. The molecule has 7 heteroatoms. The number of hydrogen-bond donors (Lipinski definition) is 1. The van der Waals surface area contributed by atoms with E-state index in [2.05, 4.69) is 33.7 Å². The van der Waals surface area contributed by atoms with Gasteiger partial charge in [-0.15, -0.1) is 0 Å². The second-order valence-electron chi connectivity index (χ2n) is 8.14. The van der Waals surface area contributed by atoms with E-state index in [9.17, 15) is 4.79 Å². The second-order valence-corrected chi connectivity index (χ2v) is 8.14. The van der Waals surface area contributed by atoms with Crippen LogP contribution in [0.25, 0.3) is 16.9 Å². The Labute approximate surface area is 186 Å². The lowest BCUT2D eigenvalue weighted by Crippen LogP contribution is -2.15. The Morgan fingerprint density at radius 2 is 1.88 bits per heavy atom. The molecule has 0 saturated carbocycles. The topological polar surface area (TPSA) is 85.8 Å². The zero-order valence-electron chi connectivity index (χ0n) is 18.0. The van der Waals surface area contributed by atoms with E-state index in [1.165, 1.54) is 24.0 Å². The maximum absolute atomic E-state index is 12.7. The van der Waals surface area contributed by atoms with E-state index in [-0.39, 0.29) is 12.3 Å². The Kier molecular flexibility index (Phi) is 5.54. The molecule has 5 rings (SSSR count). The minimum absolute atomic E-state index is 0.130. The molecular weight excluding hydrogens is 402 g/mol. The summed E-state index contributed by atoms with van der Waals surface area (Å²) in [4.78, 5) is 16.8. The van der Waals surface area contributed by atoms with Gasteiger partial charge in [0.25, 0.3) is 0 Å². The molecule has 7 nitrogen and oxygen atoms in total. The molecule has 2 aromatic carbocycles. The first-order chi connectivity index (χ1) is 15.7. The number of nitrogens with zero attached hydrogens (tertiary/aromatic N) is 4. The fourth-order valence-electron chi connectivity index (χ4n) is 4.14. The number of fused-ring (bicyclic) bond motifs is 1. The summed E-state index contributed by atoms with van der Waals surface area (Å²) in [5, 5.41) is 11.6. The normalized spacial score (nSPS) is 13.0. The Bertz CT molecular complexity index is 1240. The van der Waals surface area contributed by atoms with Gasteiger partial charge in [-0.1, -0.05) is 35.5 Å². The number of anilines is 1. The highest BCUT2D eigenvalue weighted by Crippen LogP contribution is 2.29. The molecule has 1 N–H and O–H groups in total. The van der Waals surface area contributed by atoms with Crippen LogP contribution in [-0.4, -0.2) is 25.8 Å². The van der Waals surface area contributed by atoms with Crippen LogP contribution >= 0.6 is 0 Å². The first kappa shape index (κ1) is 20.2. The number of benzene rings is 2. The van der Waals surface area contributed by atoms with Crippen molar-refractivity contribution in [1.82, 2.24) is 19.9 Å².